The van der Waals surface area contributed by atoms with Crippen molar-refractivity contribution in [2.45, 2.75) is 23.8 Å². The summed E-state index contributed by atoms with van der Waals surface area (Å²) in [5.74, 6) is 0.395. The van der Waals surface area contributed by atoms with Gasteiger partial charge >= 0.3 is 0 Å². The molecule has 4 rings (SSSR count). The van der Waals surface area contributed by atoms with Gasteiger partial charge in [0.25, 0.3) is 0 Å². The second-order valence-electron chi connectivity index (χ2n) is 7.95. The first-order valence-electron chi connectivity index (χ1n) is 10.7. The fourth-order valence-electron chi connectivity index (χ4n) is 4.22. The minimum atomic E-state index is -3.55. The van der Waals surface area contributed by atoms with E-state index in [0.717, 1.165) is 11.3 Å². The molecule has 8 nitrogen and oxygen atoms in total. The standard InChI is InChI=1S/C23H27N3O5S/c1-31-19-9-7-18(8-10-19)11-12-26-22(27)17-21(23(26)28)24-13-15-25(16-14-24)32(29,30)20-5-3-2-4-6-20/h2-10,21H,11-17H2,1H3/t21-/m0/s1. The molecular weight excluding hydrogens is 430 g/mol. The van der Waals surface area contributed by atoms with Crippen molar-refractivity contribution in [2.75, 3.05) is 39.8 Å². The topological polar surface area (TPSA) is 87.2 Å². The maximum absolute atomic E-state index is 12.9. The number of sulfonamides is 1. The van der Waals surface area contributed by atoms with Crippen LogP contribution in [0.1, 0.15) is 12.0 Å². The summed E-state index contributed by atoms with van der Waals surface area (Å²) in [6.07, 6.45) is 0.726. The van der Waals surface area contributed by atoms with Crippen molar-refractivity contribution in [1.29, 1.82) is 0 Å². The Labute approximate surface area is 188 Å². The number of carbonyl (C=O) groups is 2. The summed E-state index contributed by atoms with van der Waals surface area (Å²) in [5.41, 5.74) is 1.02. The molecule has 2 aliphatic rings. The molecule has 1 atom stereocenters. The van der Waals surface area contributed by atoms with Gasteiger partial charge in [0.05, 0.1) is 24.5 Å². The zero-order valence-corrected chi connectivity index (χ0v) is 18.8. The second-order valence-corrected chi connectivity index (χ2v) is 9.89. The minimum Gasteiger partial charge on any atom is -0.497 e. The molecule has 2 aliphatic heterocycles. The average Bonchev–Trinajstić information content (AvgIpc) is 3.11. The summed E-state index contributed by atoms with van der Waals surface area (Å²) in [6.45, 7) is 1.76. The molecule has 9 heteroatoms. The van der Waals surface area contributed by atoms with Gasteiger partial charge in [-0.3, -0.25) is 19.4 Å². The van der Waals surface area contributed by atoms with E-state index in [1.807, 2.05) is 29.2 Å². The summed E-state index contributed by atoms with van der Waals surface area (Å²) in [4.78, 5) is 29.0. The lowest BCUT2D eigenvalue weighted by Gasteiger charge is -2.36. The summed E-state index contributed by atoms with van der Waals surface area (Å²) in [6, 6.07) is 15.4. The molecule has 0 aromatic heterocycles. The second kappa shape index (κ2) is 9.40. The first kappa shape index (κ1) is 22.4. The molecule has 2 amide bonds. The van der Waals surface area contributed by atoms with Crippen LogP contribution < -0.4 is 4.74 Å². The zero-order valence-electron chi connectivity index (χ0n) is 18.0. The van der Waals surface area contributed by atoms with Crippen molar-refractivity contribution in [1.82, 2.24) is 14.1 Å². The molecule has 0 unspecified atom stereocenters. The maximum atomic E-state index is 12.9. The Kier molecular flexibility index (Phi) is 6.59. The van der Waals surface area contributed by atoms with Gasteiger partial charge < -0.3 is 4.74 Å². The first-order chi connectivity index (χ1) is 15.4. The Hall–Kier alpha value is -2.75. The van der Waals surface area contributed by atoms with Crippen molar-refractivity contribution < 1.29 is 22.7 Å². The third-order valence-electron chi connectivity index (χ3n) is 6.10. The van der Waals surface area contributed by atoms with Crippen molar-refractivity contribution in [3.63, 3.8) is 0 Å². The summed E-state index contributed by atoms with van der Waals surface area (Å²) >= 11 is 0. The number of benzene rings is 2. The predicted octanol–water partition coefficient (Wildman–Crippen LogP) is 1.37. The third kappa shape index (κ3) is 4.55. The molecule has 32 heavy (non-hydrogen) atoms. The third-order valence-corrected chi connectivity index (χ3v) is 8.01. The van der Waals surface area contributed by atoms with Crippen LogP contribution >= 0.6 is 0 Å². The lowest BCUT2D eigenvalue weighted by atomic mass is 10.1. The molecule has 0 aliphatic carbocycles. The van der Waals surface area contributed by atoms with Gasteiger partial charge in [0, 0.05) is 32.7 Å². The van der Waals surface area contributed by atoms with E-state index in [9.17, 15) is 18.0 Å². The fraction of sp³-hybridized carbons (Fsp3) is 0.391. The number of piperazine rings is 1. The molecule has 2 aromatic carbocycles. The van der Waals surface area contributed by atoms with Gasteiger partial charge in [0.2, 0.25) is 21.8 Å². The highest BCUT2D eigenvalue weighted by Gasteiger charge is 2.43. The van der Waals surface area contributed by atoms with Crippen LogP contribution in [0.2, 0.25) is 0 Å². The summed E-state index contributed by atoms with van der Waals surface area (Å²) < 4.78 is 32.2. The molecule has 0 bridgehead atoms. The Balaban J connectivity index is 1.34. The van der Waals surface area contributed by atoms with Crippen molar-refractivity contribution >= 4 is 21.8 Å². The van der Waals surface area contributed by atoms with E-state index in [1.165, 1.54) is 9.21 Å². The predicted molar refractivity (Wildman–Crippen MR) is 119 cm³/mol. The maximum Gasteiger partial charge on any atom is 0.247 e. The van der Waals surface area contributed by atoms with E-state index < -0.39 is 16.1 Å². The molecule has 0 radical (unpaired) electrons. The molecular formula is C23H27N3O5S. The van der Waals surface area contributed by atoms with Crippen LogP contribution in [0.15, 0.2) is 59.5 Å². The minimum absolute atomic E-state index is 0.146. The van der Waals surface area contributed by atoms with Gasteiger partial charge in [0.1, 0.15) is 5.75 Å². The molecule has 2 aromatic rings. The largest absolute Gasteiger partial charge is 0.497 e. The van der Waals surface area contributed by atoms with Gasteiger partial charge in [-0.15, -0.1) is 0 Å². The number of rotatable bonds is 7. The van der Waals surface area contributed by atoms with Gasteiger partial charge in [-0.1, -0.05) is 30.3 Å². The van der Waals surface area contributed by atoms with E-state index in [4.69, 9.17) is 4.74 Å². The molecule has 2 heterocycles. The molecule has 2 fully saturated rings. The highest BCUT2D eigenvalue weighted by molar-refractivity contribution is 7.89. The first-order valence-corrected chi connectivity index (χ1v) is 12.1. The Morgan fingerprint density at radius 3 is 2.22 bits per heavy atom. The van der Waals surface area contributed by atoms with Crippen LogP contribution in [0.4, 0.5) is 0 Å². The van der Waals surface area contributed by atoms with Crippen molar-refractivity contribution in [3.05, 3.63) is 60.2 Å². The number of nitrogens with zero attached hydrogens (tertiary/aromatic N) is 3. The van der Waals surface area contributed by atoms with Gasteiger partial charge in [-0.25, -0.2) is 8.42 Å². The van der Waals surface area contributed by atoms with Crippen LogP contribution in [0.3, 0.4) is 0 Å². The van der Waals surface area contributed by atoms with E-state index in [-0.39, 0.29) is 23.1 Å². The van der Waals surface area contributed by atoms with E-state index in [1.54, 1.807) is 37.4 Å². The summed E-state index contributed by atoms with van der Waals surface area (Å²) in [5, 5.41) is 0. The van der Waals surface area contributed by atoms with Crippen LogP contribution in [-0.4, -0.2) is 80.2 Å². The smallest absolute Gasteiger partial charge is 0.247 e. The van der Waals surface area contributed by atoms with Crippen LogP contribution in [0.25, 0.3) is 0 Å². The molecule has 0 N–H and O–H groups in total. The number of ether oxygens (including phenoxy) is 1. The van der Waals surface area contributed by atoms with Crippen LogP contribution in [0.5, 0.6) is 5.75 Å². The van der Waals surface area contributed by atoms with Crippen LogP contribution in [-0.2, 0) is 26.0 Å². The summed E-state index contributed by atoms with van der Waals surface area (Å²) in [7, 11) is -1.95. The molecule has 0 saturated carbocycles. The van der Waals surface area contributed by atoms with E-state index in [2.05, 4.69) is 0 Å². The number of amides is 2. The normalized spacial score (nSPS) is 20.7. The fourth-order valence-corrected chi connectivity index (χ4v) is 5.66. The highest BCUT2D eigenvalue weighted by atomic mass is 32.2. The van der Waals surface area contributed by atoms with Crippen molar-refractivity contribution in [3.8, 4) is 5.75 Å². The quantitative estimate of drug-likeness (QED) is 0.584. The van der Waals surface area contributed by atoms with Gasteiger partial charge in [0.15, 0.2) is 0 Å². The van der Waals surface area contributed by atoms with E-state index in [0.29, 0.717) is 39.1 Å². The Morgan fingerprint density at radius 1 is 0.938 bits per heavy atom. The molecule has 0 spiro atoms. The Morgan fingerprint density at radius 2 is 1.59 bits per heavy atom. The number of imide groups is 1. The lowest BCUT2D eigenvalue weighted by Crippen LogP contribution is -2.53. The number of hydrogen-bond donors (Lipinski definition) is 0. The molecule has 2 saturated heterocycles. The number of methoxy groups -OCH3 is 1. The molecule has 170 valence electrons. The lowest BCUT2D eigenvalue weighted by molar-refractivity contribution is -0.139. The monoisotopic (exact) mass is 457 g/mol. The van der Waals surface area contributed by atoms with Gasteiger partial charge in [-0.2, -0.15) is 4.31 Å². The number of hydrogen-bond acceptors (Lipinski definition) is 6. The van der Waals surface area contributed by atoms with Crippen molar-refractivity contribution in [2.24, 2.45) is 0 Å². The van der Waals surface area contributed by atoms with E-state index >= 15 is 0 Å². The van der Waals surface area contributed by atoms with Gasteiger partial charge in [-0.05, 0) is 36.2 Å². The number of carbonyl (C=O) groups excluding carboxylic acids is 2. The zero-order chi connectivity index (χ0) is 22.7. The average molecular weight is 458 g/mol. The number of likely N-dealkylation sites (tertiary alicyclic amines) is 1. The highest BCUT2D eigenvalue weighted by Crippen LogP contribution is 2.23. The van der Waals surface area contributed by atoms with Crippen LogP contribution in [0, 0.1) is 0 Å². The Bertz CT molecular complexity index is 1060. The SMILES string of the molecule is COc1ccc(CCN2C(=O)C[C@H](N3CCN(S(=O)(=O)c4ccccc4)CC3)C2=O)cc1.